The van der Waals surface area contributed by atoms with Gasteiger partial charge in [0.25, 0.3) is 0 Å². The van der Waals surface area contributed by atoms with Gasteiger partial charge < -0.3 is 9.88 Å². The molecule has 0 atom stereocenters. The number of rotatable bonds is 5. The van der Waals surface area contributed by atoms with E-state index < -0.39 is 0 Å². The molecule has 2 heterocycles. The van der Waals surface area contributed by atoms with Gasteiger partial charge in [-0.25, -0.2) is 4.98 Å². The van der Waals surface area contributed by atoms with Gasteiger partial charge >= 0.3 is 0 Å². The van der Waals surface area contributed by atoms with Crippen molar-refractivity contribution in [2.45, 2.75) is 20.4 Å². The number of hydrogen-bond acceptors (Lipinski definition) is 4. The third kappa shape index (κ3) is 4.02. The Kier molecular flexibility index (Phi) is 5.23. The molecule has 2 aromatic heterocycles. The van der Waals surface area contributed by atoms with Gasteiger partial charge in [0.2, 0.25) is 0 Å². The van der Waals surface area contributed by atoms with Crippen LogP contribution in [0.3, 0.4) is 0 Å². The standard InChI is InChI=1S/C30H25N5/c1-20-12-14-23(15-13-20)29-25-10-6-7-11-26(25)30(34-33-29)32-24-16-17-28-27(18-24)31-21(2)35(28)19-22-8-4-3-5-9-22/h3-18H,19H2,1-2H3,(H,32,34). The van der Waals surface area contributed by atoms with Crippen LogP contribution in [0, 0.1) is 13.8 Å². The highest BCUT2D eigenvalue weighted by molar-refractivity contribution is 6.01. The normalized spacial score (nSPS) is 11.3. The lowest BCUT2D eigenvalue weighted by Crippen LogP contribution is -2.02. The van der Waals surface area contributed by atoms with Crippen molar-refractivity contribution in [2.24, 2.45) is 0 Å². The van der Waals surface area contributed by atoms with Crippen molar-refractivity contribution in [3.05, 3.63) is 114 Å². The molecule has 5 heteroatoms. The summed E-state index contributed by atoms with van der Waals surface area (Å²) >= 11 is 0. The van der Waals surface area contributed by atoms with Crippen molar-refractivity contribution in [1.29, 1.82) is 0 Å². The summed E-state index contributed by atoms with van der Waals surface area (Å²) in [7, 11) is 0. The van der Waals surface area contributed by atoms with Crippen LogP contribution >= 0.6 is 0 Å². The molecule has 0 radical (unpaired) electrons. The highest BCUT2D eigenvalue weighted by Crippen LogP contribution is 2.32. The van der Waals surface area contributed by atoms with Crippen LogP contribution < -0.4 is 5.32 Å². The fourth-order valence-electron chi connectivity index (χ4n) is 4.55. The summed E-state index contributed by atoms with van der Waals surface area (Å²) in [6, 6.07) is 33.4. The molecule has 35 heavy (non-hydrogen) atoms. The summed E-state index contributed by atoms with van der Waals surface area (Å²) < 4.78 is 2.25. The molecule has 5 nitrogen and oxygen atoms in total. The maximum Gasteiger partial charge on any atom is 0.161 e. The molecule has 0 aliphatic carbocycles. The number of anilines is 2. The van der Waals surface area contributed by atoms with E-state index in [1.807, 2.05) is 18.2 Å². The van der Waals surface area contributed by atoms with Gasteiger partial charge in [-0.05, 0) is 37.6 Å². The Morgan fingerprint density at radius 2 is 1.49 bits per heavy atom. The fraction of sp³-hybridized carbons (Fsp3) is 0.100. The average molecular weight is 456 g/mol. The number of imidazole rings is 1. The minimum Gasteiger partial charge on any atom is -0.338 e. The molecule has 1 N–H and O–H groups in total. The molecular formula is C30H25N5. The largest absolute Gasteiger partial charge is 0.338 e. The molecule has 0 aliphatic heterocycles. The Bertz CT molecular complexity index is 1650. The summed E-state index contributed by atoms with van der Waals surface area (Å²) in [6.45, 7) is 4.94. The van der Waals surface area contributed by atoms with E-state index in [1.165, 1.54) is 11.1 Å². The molecule has 0 bridgehead atoms. The Morgan fingerprint density at radius 3 is 2.29 bits per heavy atom. The van der Waals surface area contributed by atoms with Gasteiger partial charge in [0.05, 0.1) is 11.0 Å². The predicted molar refractivity (Wildman–Crippen MR) is 143 cm³/mol. The van der Waals surface area contributed by atoms with E-state index in [1.54, 1.807) is 0 Å². The minimum absolute atomic E-state index is 0.733. The van der Waals surface area contributed by atoms with Gasteiger partial charge in [-0.15, -0.1) is 10.2 Å². The third-order valence-corrected chi connectivity index (χ3v) is 6.40. The zero-order valence-electron chi connectivity index (χ0n) is 19.7. The van der Waals surface area contributed by atoms with Gasteiger partial charge in [0.1, 0.15) is 11.5 Å². The molecule has 6 aromatic rings. The zero-order chi connectivity index (χ0) is 23.8. The van der Waals surface area contributed by atoms with Crippen LogP contribution in [0.25, 0.3) is 33.1 Å². The second kappa shape index (κ2) is 8.69. The fourth-order valence-corrected chi connectivity index (χ4v) is 4.55. The average Bonchev–Trinajstić information content (AvgIpc) is 3.19. The van der Waals surface area contributed by atoms with Crippen molar-refractivity contribution in [2.75, 3.05) is 5.32 Å². The Hall–Kier alpha value is -4.51. The number of fused-ring (bicyclic) bond motifs is 2. The zero-order valence-corrected chi connectivity index (χ0v) is 19.7. The van der Waals surface area contributed by atoms with E-state index in [2.05, 4.69) is 113 Å². The Labute approximate surface area is 204 Å². The number of aromatic nitrogens is 4. The SMILES string of the molecule is Cc1ccc(-c2nnc(Nc3ccc4c(c3)nc(C)n4Cc3ccccc3)c3ccccc23)cc1. The molecule has 170 valence electrons. The molecule has 0 spiro atoms. The lowest BCUT2D eigenvalue weighted by molar-refractivity contribution is 0.786. The van der Waals surface area contributed by atoms with Crippen molar-refractivity contribution in [1.82, 2.24) is 19.7 Å². The van der Waals surface area contributed by atoms with Crippen LogP contribution in [0.5, 0.6) is 0 Å². The van der Waals surface area contributed by atoms with E-state index in [4.69, 9.17) is 4.98 Å². The van der Waals surface area contributed by atoms with Crippen LogP contribution in [0.2, 0.25) is 0 Å². The molecule has 6 rings (SSSR count). The summed E-state index contributed by atoms with van der Waals surface area (Å²) in [6.07, 6.45) is 0. The number of hydrogen-bond donors (Lipinski definition) is 1. The van der Waals surface area contributed by atoms with Crippen LogP contribution in [-0.2, 0) is 6.54 Å². The molecule has 0 aliphatic rings. The third-order valence-electron chi connectivity index (χ3n) is 6.40. The van der Waals surface area contributed by atoms with E-state index >= 15 is 0 Å². The Balaban J connectivity index is 1.36. The summed E-state index contributed by atoms with van der Waals surface area (Å²) in [5, 5.41) is 14.8. The quantitative estimate of drug-likeness (QED) is 0.302. The van der Waals surface area contributed by atoms with E-state index in [0.717, 1.165) is 56.9 Å². The first kappa shape index (κ1) is 21.1. The highest BCUT2D eigenvalue weighted by atomic mass is 15.2. The molecule has 0 saturated carbocycles. The minimum atomic E-state index is 0.733. The van der Waals surface area contributed by atoms with Crippen molar-refractivity contribution >= 4 is 33.3 Å². The molecule has 0 fully saturated rings. The van der Waals surface area contributed by atoms with Gasteiger partial charge in [-0.1, -0.05) is 84.4 Å². The molecule has 0 unspecified atom stereocenters. The van der Waals surface area contributed by atoms with E-state index in [-0.39, 0.29) is 0 Å². The van der Waals surface area contributed by atoms with Crippen LogP contribution in [-0.4, -0.2) is 19.7 Å². The lowest BCUT2D eigenvalue weighted by atomic mass is 10.0. The van der Waals surface area contributed by atoms with E-state index in [9.17, 15) is 0 Å². The Morgan fingerprint density at radius 1 is 0.743 bits per heavy atom. The van der Waals surface area contributed by atoms with Gasteiger partial charge in [-0.2, -0.15) is 0 Å². The number of nitrogens with one attached hydrogen (secondary N) is 1. The van der Waals surface area contributed by atoms with Gasteiger partial charge in [-0.3, -0.25) is 0 Å². The van der Waals surface area contributed by atoms with Crippen LogP contribution in [0.4, 0.5) is 11.5 Å². The first-order chi connectivity index (χ1) is 17.2. The summed E-state index contributed by atoms with van der Waals surface area (Å²) in [5.74, 6) is 1.73. The van der Waals surface area contributed by atoms with Crippen LogP contribution in [0.15, 0.2) is 97.1 Å². The van der Waals surface area contributed by atoms with Crippen molar-refractivity contribution < 1.29 is 0 Å². The van der Waals surface area contributed by atoms with Gasteiger partial charge in [0, 0.05) is 28.6 Å². The monoisotopic (exact) mass is 455 g/mol. The van der Waals surface area contributed by atoms with Crippen molar-refractivity contribution in [3.63, 3.8) is 0 Å². The highest BCUT2D eigenvalue weighted by Gasteiger charge is 2.13. The number of nitrogens with zero attached hydrogens (tertiary/aromatic N) is 4. The molecule has 4 aromatic carbocycles. The number of aryl methyl sites for hydroxylation is 2. The summed E-state index contributed by atoms with van der Waals surface area (Å²) in [5.41, 5.74) is 7.43. The first-order valence-electron chi connectivity index (χ1n) is 11.8. The molecular weight excluding hydrogens is 430 g/mol. The smallest absolute Gasteiger partial charge is 0.161 e. The van der Waals surface area contributed by atoms with E-state index in [0.29, 0.717) is 0 Å². The molecule has 0 saturated heterocycles. The predicted octanol–water partition coefficient (Wildman–Crippen LogP) is 7.06. The summed E-state index contributed by atoms with van der Waals surface area (Å²) in [4.78, 5) is 4.82. The number of benzene rings is 4. The van der Waals surface area contributed by atoms with Crippen LogP contribution in [0.1, 0.15) is 17.0 Å². The van der Waals surface area contributed by atoms with Gasteiger partial charge in [0.15, 0.2) is 5.82 Å². The molecule has 0 amide bonds. The maximum absolute atomic E-state index is 4.82. The maximum atomic E-state index is 4.82. The lowest BCUT2D eigenvalue weighted by Gasteiger charge is -2.12. The van der Waals surface area contributed by atoms with Crippen molar-refractivity contribution in [3.8, 4) is 11.3 Å². The second-order valence-electron chi connectivity index (χ2n) is 8.87. The second-order valence-corrected chi connectivity index (χ2v) is 8.87. The topological polar surface area (TPSA) is 55.6 Å². The first-order valence-corrected chi connectivity index (χ1v) is 11.8.